The van der Waals surface area contributed by atoms with Crippen molar-refractivity contribution in [3.63, 3.8) is 0 Å². The van der Waals surface area contributed by atoms with Gasteiger partial charge in [0.05, 0.1) is 5.92 Å². The Morgan fingerprint density at radius 2 is 1.76 bits per heavy atom. The number of carbonyl (C=O) groups is 2. The molecule has 4 heteroatoms. The highest BCUT2D eigenvalue weighted by Gasteiger charge is 2.15. The molecule has 4 nitrogen and oxygen atoms in total. The Balaban J connectivity index is 3.52. The molecule has 0 amide bonds. The van der Waals surface area contributed by atoms with Gasteiger partial charge in [-0.05, 0) is 33.6 Å². The molecule has 0 heterocycles. The number of hydrogen-bond acceptors (Lipinski definition) is 3. The molecule has 0 unspecified atom stereocenters. The second kappa shape index (κ2) is 7.30. The van der Waals surface area contributed by atoms with E-state index in [0.717, 1.165) is 19.3 Å². The minimum absolute atomic E-state index is 0.177. The molecule has 0 rings (SSSR count). The first kappa shape index (κ1) is 15.9. The summed E-state index contributed by atoms with van der Waals surface area (Å²) in [5.74, 6) is -1.22. The second-order valence-corrected chi connectivity index (χ2v) is 5.43. The van der Waals surface area contributed by atoms with Crippen LogP contribution in [-0.2, 0) is 14.3 Å². The zero-order chi connectivity index (χ0) is 13.5. The summed E-state index contributed by atoms with van der Waals surface area (Å²) in [6, 6.07) is 0. The molecule has 0 aromatic heterocycles. The van der Waals surface area contributed by atoms with Gasteiger partial charge in [0, 0.05) is 6.42 Å². The third-order valence-electron chi connectivity index (χ3n) is 2.36. The van der Waals surface area contributed by atoms with E-state index in [1.165, 1.54) is 0 Å². The largest absolute Gasteiger partial charge is 0.481 e. The van der Waals surface area contributed by atoms with Crippen LogP contribution in [0.3, 0.4) is 0 Å². The third-order valence-corrected chi connectivity index (χ3v) is 2.36. The quantitative estimate of drug-likeness (QED) is 0.552. The van der Waals surface area contributed by atoms with Gasteiger partial charge in [0.1, 0.15) is 5.60 Å². The van der Waals surface area contributed by atoms with Crippen molar-refractivity contribution in [1.82, 2.24) is 0 Å². The van der Waals surface area contributed by atoms with Gasteiger partial charge < -0.3 is 9.84 Å². The van der Waals surface area contributed by atoms with E-state index in [1.54, 1.807) is 6.92 Å². The lowest BCUT2D eigenvalue weighted by atomic mass is 10.0. The van der Waals surface area contributed by atoms with Gasteiger partial charge in [0.25, 0.3) is 0 Å². The molecule has 0 bridgehead atoms. The highest BCUT2D eigenvalue weighted by Crippen LogP contribution is 2.13. The molecule has 17 heavy (non-hydrogen) atoms. The van der Waals surface area contributed by atoms with Crippen LogP contribution < -0.4 is 0 Å². The number of ether oxygens (including phenoxy) is 1. The highest BCUT2D eigenvalue weighted by molar-refractivity contribution is 5.70. The zero-order valence-electron chi connectivity index (χ0n) is 11.3. The van der Waals surface area contributed by atoms with E-state index in [4.69, 9.17) is 9.84 Å². The van der Waals surface area contributed by atoms with Gasteiger partial charge >= 0.3 is 11.9 Å². The Labute approximate surface area is 103 Å². The van der Waals surface area contributed by atoms with E-state index in [9.17, 15) is 9.59 Å². The topological polar surface area (TPSA) is 63.6 Å². The fourth-order valence-electron chi connectivity index (χ4n) is 1.41. The minimum atomic E-state index is -0.753. The molecule has 0 saturated heterocycles. The van der Waals surface area contributed by atoms with Crippen LogP contribution in [0.4, 0.5) is 0 Å². The molecule has 1 N–H and O–H groups in total. The normalized spacial score (nSPS) is 13.2. The highest BCUT2D eigenvalue weighted by atomic mass is 16.6. The molecule has 0 spiro atoms. The van der Waals surface area contributed by atoms with E-state index < -0.39 is 11.6 Å². The first-order valence-electron chi connectivity index (χ1n) is 6.17. The maximum Gasteiger partial charge on any atom is 0.306 e. The van der Waals surface area contributed by atoms with Crippen LogP contribution in [0.25, 0.3) is 0 Å². The monoisotopic (exact) mass is 244 g/mol. The fourth-order valence-corrected chi connectivity index (χ4v) is 1.41. The van der Waals surface area contributed by atoms with Crippen molar-refractivity contribution in [2.24, 2.45) is 5.92 Å². The number of esters is 1. The maximum absolute atomic E-state index is 11.3. The molecule has 0 aliphatic rings. The van der Waals surface area contributed by atoms with Crippen LogP contribution in [0.1, 0.15) is 59.8 Å². The summed E-state index contributed by atoms with van der Waals surface area (Å²) in [7, 11) is 0. The van der Waals surface area contributed by atoms with Crippen LogP contribution in [0, 0.1) is 5.92 Å². The molecule has 0 radical (unpaired) electrons. The summed E-state index contributed by atoms with van der Waals surface area (Å²) in [6.45, 7) is 7.24. The average Bonchev–Trinajstić information content (AvgIpc) is 2.13. The molecule has 0 aliphatic carbocycles. The Hall–Kier alpha value is -1.06. The summed E-state index contributed by atoms with van der Waals surface area (Å²) in [4.78, 5) is 21.9. The number of carboxylic acids is 1. The minimum Gasteiger partial charge on any atom is -0.481 e. The van der Waals surface area contributed by atoms with Crippen molar-refractivity contribution < 1.29 is 19.4 Å². The first-order chi connectivity index (χ1) is 7.72. The standard InChI is InChI=1S/C13H24O4/c1-10(12(15)16)8-6-5-7-9-11(14)17-13(2,3)4/h10H,5-9H2,1-4H3,(H,15,16)/t10-/m0/s1. The predicted octanol–water partition coefficient (Wildman–Crippen LogP) is 3.00. The molecule has 0 aliphatic heterocycles. The summed E-state index contributed by atoms with van der Waals surface area (Å²) < 4.78 is 5.17. The van der Waals surface area contributed by atoms with Crippen LogP contribution in [0.5, 0.6) is 0 Å². The van der Waals surface area contributed by atoms with Gasteiger partial charge in [-0.3, -0.25) is 9.59 Å². The average molecular weight is 244 g/mol. The van der Waals surface area contributed by atoms with Crippen molar-refractivity contribution in [2.75, 3.05) is 0 Å². The van der Waals surface area contributed by atoms with Crippen molar-refractivity contribution in [3.05, 3.63) is 0 Å². The van der Waals surface area contributed by atoms with Crippen molar-refractivity contribution >= 4 is 11.9 Å². The number of aliphatic carboxylic acids is 1. The van der Waals surface area contributed by atoms with Gasteiger partial charge in [-0.2, -0.15) is 0 Å². The zero-order valence-corrected chi connectivity index (χ0v) is 11.3. The van der Waals surface area contributed by atoms with E-state index in [0.29, 0.717) is 12.8 Å². The van der Waals surface area contributed by atoms with Gasteiger partial charge in [-0.15, -0.1) is 0 Å². The molecule has 0 aromatic rings. The smallest absolute Gasteiger partial charge is 0.306 e. The number of rotatable bonds is 7. The van der Waals surface area contributed by atoms with E-state index in [-0.39, 0.29) is 11.9 Å². The molecule has 0 saturated carbocycles. The number of unbranched alkanes of at least 4 members (excludes halogenated alkanes) is 2. The fraction of sp³-hybridized carbons (Fsp3) is 0.846. The number of carbonyl (C=O) groups excluding carboxylic acids is 1. The Morgan fingerprint density at radius 1 is 1.18 bits per heavy atom. The Kier molecular flexibility index (Phi) is 6.85. The SMILES string of the molecule is C[C@@H](CCCCCC(=O)OC(C)(C)C)C(=O)O. The molecular formula is C13H24O4. The van der Waals surface area contributed by atoms with Gasteiger partial charge in [-0.1, -0.05) is 19.8 Å². The summed E-state index contributed by atoms with van der Waals surface area (Å²) in [6.07, 6.45) is 3.57. The Bertz CT molecular complexity index is 253. The van der Waals surface area contributed by atoms with Crippen molar-refractivity contribution in [3.8, 4) is 0 Å². The predicted molar refractivity (Wildman–Crippen MR) is 65.7 cm³/mol. The lowest BCUT2D eigenvalue weighted by molar-refractivity contribution is -0.155. The summed E-state index contributed by atoms with van der Waals surface area (Å²) in [5.41, 5.74) is -0.422. The van der Waals surface area contributed by atoms with Crippen LogP contribution in [0.15, 0.2) is 0 Å². The van der Waals surface area contributed by atoms with Crippen LogP contribution in [0.2, 0.25) is 0 Å². The number of carboxylic acid groups (broad SMARTS) is 1. The van der Waals surface area contributed by atoms with E-state index >= 15 is 0 Å². The molecular weight excluding hydrogens is 220 g/mol. The van der Waals surface area contributed by atoms with Gasteiger partial charge in [0.15, 0.2) is 0 Å². The lowest BCUT2D eigenvalue weighted by Gasteiger charge is -2.19. The van der Waals surface area contributed by atoms with Crippen molar-refractivity contribution in [2.45, 2.75) is 65.4 Å². The van der Waals surface area contributed by atoms with E-state index in [1.807, 2.05) is 20.8 Å². The maximum atomic E-state index is 11.3. The van der Waals surface area contributed by atoms with E-state index in [2.05, 4.69) is 0 Å². The molecule has 0 aromatic carbocycles. The van der Waals surface area contributed by atoms with Gasteiger partial charge in [-0.25, -0.2) is 0 Å². The van der Waals surface area contributed by atoms with Crippen molar-refractivity contribution in [1.29, 1.82) is 0 Å². The first-order valence-corrected chi connectivity index (χ1v) is 6.17. The Morgan fingerprint density at radius 3 is 2.24 bits per heavy atom. The number of hydrogen-bond donors (Lipinski definition) is 1. The molecule has 100 valence electrons. The summed E-state index contributed by atoms with van der Waals surface area (Å²) >= 11 is 0. The molecule has 1 atom stereocenters. The lowest BCUT2D eigenvalue weighted by Crippen LogP contribution is -2.23. The third kappa shape index (κ3) is 9.85. The molecule has 0 fully saturated rings. The summed E-state index contributed by atoms with van der Waals surface area (Å²) in [5, 5.41) is 8.68. The van der Waals surface area contributed by atoms with Crippen LogP contribution >= 0.6 is 0 Å². The van der Waals surface area contributed by atoms with Crippen LogP contribution in [-0.4, -0.2) is 22.6 Å². The second-order valence-electron chi connectivity index (χ2n) is 5.43. The van der Waals surface area contributed by atoms with Gasteiger partial charge in [0.2, 0.25) is 0 Å².